The summed E-state index contributed by atoms with van der Waals surface area (Å²) in [5.41, 5.74) is -0.421. The number of rotatable bonds is 4. The zero-order valence-electron chi connectivity index (χ0n) is 14.2. The van der Waals surface area contributed by atoms with Gasteiger partial charge in [-0.15, -0.1) is 0 Å². The van der Waals surface area contributed by atoms with E-state index in [2.05, 4.69) is 10.1 Å². The molecule has 2 aromatic rings. The zero-order chi connectivity index (χ0) is 18.5. The first-order valence-electron chi connectivity index (χ1n) is 8.59. The maximum atomic E-state index is 12.3. The van der Waals surface area contributed by atoms with Crippen molar-refractivity contribution in [2.24, 2.45) is 17.8 Å². The first kappa shape index (κ1) is 17.5. The molecule has 7 nitrogen and oxygen atoms in total. The van der Waals surface area contributed by atoms with E-state index in [-0.39, 0.29) is 24.3 Å². The molecule has 2 heterocycles. The third-order valence-electron chi connectivity index (χ3n) is 5.80. The number of carbonyl (C=O) groups is 1. The van der Waals surface area contributed by atoms with Gasteiger partial charge in [0, 0.05) is 10.9 Å². The molecule has 0 spiro atoms. The van der Waals surface area contributed by atoms with Gasteiger partial charge in [0.1, 0.15) is 18.3 Å². The van der Waals surface area contributed by atoms with E-state index in [4.69, 9.17) is 16.3 Å². The maximum Gasteiger partial charge on any atom is 0.309 e. The maximum absolute atomic E-state index is 12.3. The van der Waals surface area contributed by atoms with Gasteiger partial charge in [0.05, 0.1) is 30.6 Å². The van der Waals surface area contributed by atoms with Crippen molar-refractivity contribution in [3.8, 4) is 0 Å². The highest BCUT2D eigenvalue weighted by Crippen LogP contribution is 2.56. The van der Waals surface area contributed by atoms with Gasteiger partial charge in [0.2, 0.25) is 0 Å². The average Bonchev–Trinajstić information content (AvgIpc) is 3.26. The van der Waals surface area contributed by atoms with Gasteiger partial charge >= 0.3 is 5.97 Å². The summed E-state index contributed by atoms with van der Waals surface area (Å²) in [6.07, 6.45) is 1.52. The number of halogens is 1. The van der Waals surface area contributed by atoms with Crippen molar-refractivity contribution in [3.63, 3.8) is 0 Å². The van der Waals surface area contributed by atoms with Crippen molar-refractivity contribution in [2.45, 2.75) is 37.7 Å². The van der Waals surface area contributed by atoms with Crippen LogP contribution in [0, 0.1) is 17.8 Å². The second kappa shape index (κ2) is 6.33. The minimum Gasteiger partial charge on any atom is -0.456 e. The number of aliphatic hydroxyl groups is 2. The Morgan fingerprint density at radius 1 is 1.42 bits per heavy atom. The largest absolute Gasteiger partial charge is 0.456 e. The second-order valence-electron chi connectivity index (χ2n) is 7.19. The molecule has 0 amide bonds. The molecular formula is C18H20ClN3O4. The van der Waals surface area contributed by atoms with E-state index in [0.717, 1.165) is 0 Å². The number of esters is 1. The van der Waals surface area contributed by atoms with Crippen molar-refractivity contribution in [3.05, 3.63) is 47.5 Å². The summed E-state index contributed by atoms with van der Waals surface area (Å²) in [4.78, 5) is 16.3. The van der Waals surface area contributed by atoms with Crippen LogP contribution in [0.4, 0.5) is 0 Å². The van der Waals surface area contributed by atoms with Crippen LogP contribution in [0.15, 0.2) is 36.9 Å². The van der Waals surface area contributed by atoms with Crippen LogP contribution in [0.5, 0.6) is 0 Å². The van der Waals surface area contributed by atoms with Crippen molar-refractivity contribution in [2.75, 3.05) is 0 Å². The molecule has 1 aliphatic carbocycles. The fraction of sp³-hybridized carbons (Fsp3) is 0.500. The van der Waals surface area contributed by atoms with Gasteiger partial charge in [-0.2, -0.15) is 5.10 Å². The zero-order valence-corrected chi connectivity index (χ0v) is 15.0. The summed E-state index contributed by atoms with van der Waals surface area (Å²) in [5.74, 6) is -1.54. The van der Waals surface area contributed by atoms with Crippen molar-refractivity contribution >= 4 is 17.6 Å². The van der Waals surface area contributed by atoms with E-state index >= 15 is 0 Å². The molecule has 6 unspecified atom stereocenters. The lowest BCUT2D eigenvalue weighted by atomic mass is 9.76. The molecule has 1 aromatic heterocycles. The molecular weight excluding hydrogens is 358 g/mol. The fourth-order valence-corrected chi connectivity index (χ4v) is 4.69. The van der Waals surface area contributed by atoms with E-state index in [0.29, 0.717) is 17.0 Å². The Balaban J connectivity index is 1.75. The summed E-state index contributed by atoms with van der Waals surface area (Å²) >= 11 is 5.94. The lowest BCUT2D eigenvalue weighted by Gasteiger charge is -2.37. The summed E-state index contributed by atoms with van der Waals surface area (Å²) in [7, 11) is 0. The fourth-order valence-electron chi connectivity index (χ4n) is 4.56. The third-order valence-corrected chi connectivity index (χ3v) is 6.05. The minimum absolute atomic E-state index is 0.207. The van der Waals surface area contributed by atoms with E-state index < -0.39 is 23.7 Å². The van der Waals surface area contributed by atoms with Gasteiger partial charge in [0.15, 0.2) is 0 Å². The SMILES string of the molecule is CC1C(=O)OC2(Cn3cncn3)C1CC(O)C2C(O)c1ccc(Cl)cc1. The number of carbonyl (C=O) groups excluding carboxylic acids is 1. The van der Waals surface area contributed by atoms with Crippen LogP contribution in [-0.4, -0.2) is 42.7 Å². The van der Waals surface area contributed by atoms with Crippen LogP contribution in [0.1, 0.15) is 25.0 Å². The van der Waals surface area contributed by atoms with Gasteiger partial charge in [-0.1, -0.05) is 30.7 Å². The highest BCUT2D eigenvalue weighted by molar-refractivity contribution is 6.30. The highest BCUT2D eigenvalue weighted by atomic mass is 35.5. The van der Waals surface area contributed by atoms with Crippen LogP contribution in [0.2, 0.25) is 5.02 Å². The number of ether oxygens (including phenoxy) is 1. The van der Waals surface area contributed by atoms with Gasteiger partial charge in [-0.3, -0.25) is 4.79 Å². The van der Waals surface area contributed by atoms with E-state index in [9.17, 15) is 15.0 Å². The molecule has 1 saturated carbocycles. The summed E-state index contributed by atoms with van der Waals surface area (Å²) in [5, 5.41) is 26.5. The monoisotopic (exact) mass is 377 g/mol. The van der Waals surface area contributed by atoms with E-state index in [1.54, 1.807) is 42.2 Å². The van der Waals surface area contributed by atoms with Crippen LogP contribution in [0.25, 0.3) is 0 Å². The van der Waals surface area contributed by atoms with Crippen LogP contribution in [0.3, 0.4) is 0 Å². The lowest BCUT2D eigenvalue weighted by Crippen LogP contribution is -2.47. The summed E-state index contributed by atoms with van der Waals surface area (Å²) in [6.45, 7) is 2.04. The quantitative estimate of drug-likeness (QED) is 0.785. The Bertz CT molecular complexity index is 797. The molecule has 0 bridgehead atoms. The Morgan fingerprint density at radius 2 is 2.15 bits per heavy atom. The van der Waals surface area contributed by atoms with Crippen LogP contribution in [-0.2, 0) is 16.1 Å². The lowest BCUT2D eigenvalue weighted by molar-refractivity contribution is -0.165. The third kappa shape index (κ3) is 2.62. The topological polar surface area (TPSA) is 97.5 Å². The smallest absolute Gasteiger partial charge is 0.309 e. The molecule has 1 aromatic carbocycles. The van der Waals surface area contributed by atoms with Gasteiger partial charge in [0.25, 0.3) is 0 Å². The molecule has 4 rings (SSSR count). The molecule has 6 atom stereocenters. The molecule has 0 radical (unpaired) electrons. The number of hydrogen-bond acceptors (Lipinski definition) is 6. The highest BCUT2D eigenvalue weighted by Gasteiger charge is 2.66. The number of benzene rings is 1. The molecule has 2 fully saturated rings. The number of aromatic nitrogens is 3. The number of fused-ring (bicyclic) bond motifs is 1. The molecule has 2 aliphatic rings. The van der Waals surface area contributed by atoms with Crippen LogP contribution >= 0.6 is 11.6 Å². The molecule has 26 heavy (non-hydrogen) atoms. The predicted molar refractivity (Wildman–Crippen MR) is 92.0 cm³/mol. The molecule has 138 valence electrons. The summed E-state index contributed by atoms with van der Waals surface area (Å²) < 4.78 is 7.42. The normalized spacial score (nSPS) is 34.5. The number of aliphatic hydroxyl groups excluding tert-OH is 2. The van der Waals surface area contributed by atoms with Gasteiger partial charge < -0.3 is 14.9 Å². The Hall–Kier alpha value is -1.96. The van der Waals surface area contributed by atoms with Crippen molar-refractivity contribution in [1.29, 1.82) is 0 Å². The Labute approximate surface area is 155 Å². The predicted octanol–water partition coefficient (Wildman–Crippen LogP) is 1.59. The minimum atomic E-state index is -1.04. The van der Waals surface area contributed by atoms with Crippen molar-refractivity contribution < 1.29 is 19.7 Å². The first-order valence-corrected chi connectivity index (χ1v) is 8.97. The van der Waals surface area contributed by atoms with Gasteiger partial charge in [-0.25, -0.2) is 9.67 Å². The Kier molecular flexibility index (Phi) is 4.25. The number of nitrogens with zero attached hydrogens (tertiary/aromatic N) is 3. The molecule has 2 N–H and O–H groups in total. The van der Waals surface area contributed by atoms with E-state index in [1.807, 2.05) is 0 Å². The first-order chi connectivity index (χ1) is 12.4. The standard InChI is InChI=1S/C18H20ClN3O4/c1-10-13-6-14(23)15(16(24)11-2-4-12(19)5-3-11)18(13,26-17(10)25)7-22-9-20-8-21-22/h2-5,8-10,13-16,23-24H,6-7H2,1H3. The van der Waals surface area contributed by atoms with Crippen molar-refractivity contribution in [1.82, 2.24) is 14.8 Å². The van der Waals surface area contributed by atoms with Gasteiger partial charge in [-0.05, 0) is 24.1 Å². The van der Waals surface area contributed by atoms with E-state index in [1.165, 1.54) is 6.33 Å². The molecule has 8 heteroatoms. The van der Waals surface area contributed by atoms with Crippen LogP contribution < -0.4 is 0 Å². The second-order valence-corrected chi connectivity index (χ2v) is 7.63. The Morgan fingerprint density at radius 3 is 2.81 bits per heavy atom. The number of hydrogen-bond donors (Lipinski definition) is 2. The average molecular weight is 378 g/mol. The molecule has 1 aliphatic heterocycles. The summed E-state index contributed by atoms with van der Waals surface area (Å²) in [6, 6.07) is 6.81. The molecule has 1 saturated heterocycles.